The van der Waals surface area contributed by atoms with Crippen LogP contribution in [0.15, 0.2) is 23.1 Å². The van der Waals surface area contributed by atoms with Crippen LogP contribution in [-0.4, -0.2) is 66.5 Å². The highest BCUT2D eigenvalue weighted by atomic mass is 32.2. The number of fused-ring (bicyclic) bond motifs is 1. The molecule has 1 aromatic heterocycles. The molecule has 1 aliphatic rings. The van der Waals surface area contributed by atoms with Gasteiger partial charge in [-0.2, -0.15) is 4.31 Å². The Morgan fingerprint density at radius 3 is 2.89 bits per heavy atom. The number of rotatable bonds is 7. The van der Waals surface area contributed by atoms with E-state index in [9.17, 15) is 13.2 Å². The van der Waals surface area contributed by atoms with E-state index in [0.29, 0.717) is 38.1 Å². The third-order valence-electron chi connectivity index (χ3n) is 4.82. The van der Waals surface area contributed by atoms with Crippen molar-refractivity contribution in [2.75, 3.05) is 26.8 Å². The second kappa shape index (κ2) is 8.54. The zero-order chi connectivity index (χ0) is 20.3. The van der Waals surface area contributed by atoms with Crippen LogP contribution < -0.4 is 5.32 Å². The van der Waals surface area contributed by atoms with Gasteiger partial charge < -0.3 is 10.1 Å². The molecule has 0 bridgehead atoms. The van der Waals surface area contributed by atoms with Crippen molar-refractivity contribution in [1.29, 1.82) is 0 Å². The summed E-state index contributed by atoms with van der Waals surface area (Å²) in [6.07, 6.45) is 1.35. The highest BCUT2D eigenvalue weighted by Gasteiger charge is 2.33. The van der Waals surface area contributed by atoms with Gasteiger partial charge in [0.25, 0.3) is 0 Å². The van der Waals surface area contributed by atoms with Gasteiger partial charge in [0, 0.05) is 26.2 Å². The van der Waals surface area contributed by atoms with E-state index in [2.05, 4.69) is 15.6 Å². The molecule has 0 aliphatic carbocycles. The summed E-state index contributed by atoms with van der Waals surface area (Å²) in [4.78, 5) is 12.5. The molecule has 1 atom stereocenters. The lowest BCUT2D eigenvalue weighted by molar-refractivity contribution is -0.126. The molecule has 3 rings (SSSR count). The Morgan fingerprint density at radius 1 is 1.39 bits per heavy atom. The maximum absolute atomic E-state index is 13.1. The molecule has 28 heavy (non-hydrogen) atoms. The fourth-order valence-corrected chi connectivity index (χ4v) is 4.93. The van der Waals surface area contributed by atoms with E-state index in [-0.39, 0.29) is 29.3 Å². The fourth-order valence-electron chi connectivity index (χ4n) is 3.38. The number of amides is 1. The number of nitrogens with zero attached hydrogens (tertiary/aromatic N) is 4. The molecule has 1 aliphatic heterocycles. The normalized spacial score (nSPS) is 18.6. The number of ether oxygens (including phenoxy) is 1. The van der Waals surface area contributed by atoms with Crippen molar-refractivity contribution >= 4 is 27.0 Å². The highest BCUT2D eigenvalue weighted by molar-refractivity contribution is 7.89. The molecule has 2 heterocycles. The number of methoxy groups -OCH3 is 1. The molecule has 2 aromatic rings. The minimum absolute atomic E-state index is 0.0302. The van der Waals surface area contributed by atoms with E-state index < -0.39 is 10.0 Å². The maximum Gasteiger partial charge on any atom is 0.243 e. The molecular weight excluding hydrogens is 382 g/mol. The maximum atomic E-state index is 13.1. The van der Waals surface area contributed by atoms with Crippen LogP contribution >= 0.6 is 0 Å². The number of sulfonamides is 1. The van der Waals surface area contributed by atoms with Crippen LogP contribution in [0.1, 0.15) is 26.7 Å². The highest BCUT2D eigenvalue weighted by Crippen LogP contribution is 2.26. The number of benzene rings is 1. The Morgan fingerprint density at radius 2 is 2.18 bits per heavy atom. The standard InChI is InChI=1S/C18H27N5O4S/c1-13(2)19-18(24)14-5-4-8-22(12-14)28(25,26)15-6-7-17-16(11-15)20-21-23(17)9-10-27-3/h6-7,11,13-14H,4-5,8-10,12H2,1-3H3,(H,19,24). The molecule has 1 unspecified atom stereocenters. The minimum atomic E-state index is -3.70. The Kier molecular flexibility index (Phi) is 6.31. The molecule has 154 valence electrons. The van der Waals surface area contributed by atoms with Gasteiger partial charge in [0.2, 0.25) is 15.9 Å². The summed E-state index contributed by atoms with van der Waals surface area (Å²) >= 11 is 0. The van der Waals surface area contributed by atoms with Crippen LogP contribution in [-0.2, 0) is 26.1 Å². The van der Waals surface area contributed by atoms with Crippen molar-refractivity contribution in [3.63, 3.8) is 0 Å². The van der Waals surface area contributed by atoms with Crippen molar-refractivity contribution in [2.24, 2.45) is 5.92 Å². The molecule has 0 radical (unpaired) electrons. The SMILES string of the molecule is COCCn1nnc2cc(S(=O)(=O)N3CCCC(C(=O)NC(C)C)C3)ccc21. The van der Waals surface area contributed by atoms with E-state index in [1.165, 1.54) is 4.31 Å². The van der Waals surface area contributed by atoms with Crippen LogP contribution in [0, 0.1) is 5.92 Å². The van der Waals surface area contributed by atoms with Crippen LogP contribution in [0.5, 0.6) is 0 Å². The van der Waals surface area contributed by atoms with Crippen LogP contribution in [0.4, 0.5) is 0 Å². The van der Waals surface area contributed by atoms with Gasteiger partial charge in [-0.15, -0.1) is 5.10 Å². The van der Waals surface area contributed by atoms with Gasteiger partial charge in [0.05, 0.1) is 29.5 Å². The first-order chi connectivity index (χ1) is 13.3. The van der Waals surface area contributed by atoms with Crippen LogP contribution in [0.2, 0.25) is 0 Å². The quantitative estimate of drug-likeness (QED) is 0.731. The fraction of sp³-hybridized carbons (Fsp3) is 0.611. The number of piperidine rings is 1. The zero-order valence-electron chi connectivity index (χ0n) is 16.5. The van der Waals surface area contributed by atoms with E-state index in [4.69, 9.17) is 4.74 Å². The van der Waals surface area contributed by atoms with Gasteiger partial charge in [-0.25, -0.2) is 13.1 Å². The molecule has 1 aromatic carbocycles. The Hall–Kier alpha value is -2.04. The van der Waals surface area contributed by atoms with Crippen molar-refractivity contribution in [2.45, 2.75) is 44.2 Å². The predicted molar refractivity (Wildman–Crippen MR) is 104 cm³/mol. The lowest BCUT2D eigenvalue weighted by Gasteiger charge is -2.31. The van der Waals surface area contributed by atoms with Gasteiger partial charge in [-0.05, 0) is 44.9 Å². The Labute approximate surface area is 165 Å². The molecule has 0 saturated carbocycles. The monoisotopic (exact) mass is 409 g/mol. The molecule has 1 amide bonds. The number of hydrogen-bond acceptors (Lipinski definition) is 6. The summed E-state index contributed by atoms with van der Waals surface area (Å²) < 4.78 is 34.4. The van der Waals surface area contributed by atoms with E-state index in [1.54, 1.807) is 30.0 Å². The summed E-state index contributed by atoms with van der Waals surface area (Å²) in [5, 5.41) is 11.0. The minimum Gasteiger partial charge on any atom is -0.383 e. The first kappa shape index (κ1) is 20.7. The van der Waals surface area contributed by atoms with Gasteiger partial charge >= 0.3 is 0 Å². The number of aromatic nitrogens is 3. The molecular formula is C18H27N5O4S. The van der Waals surface area contributed by atoms with Gasteiger partial charge in [-0.1, -0.05) is 5.21 Å². The molecule has 0 spiro atoms. The smallest absolute Gasteiger partial charge is 0.243 e. The van der Waals surface area contributed by atoms with Crippen molar-refractivity contribution in [3.05, 3.63) is 18.2 Å². The van der Waals surface area contributed by atoms with E-state index in [1.807, 2.05) is 13.8 Å². The second-order valence-electron chi connectivity index (χ2n) is 7.32. The van der Waals surface area contributed by atoms with Crippen molar-refractivity contribution < 1.29 is 17.9 Å². The predicted octanol–water partition coefficient (Wildman–Crippen LogP) is 1.00. The van der Waals surface area contributed by atoms with Gasteiger partial charge in [0.1, 0.15) is 5.52 Å². The third kappa shape index (κ3) is 4.34. The average Bonchev–Trinajstić information content (AvgIpc) is 3.08. The molecule has 10 heteroatoms. The summed E-state index contributed by atoms with van der Waals surface area (Å²) in [5.41, 5.74) is 1.27. The Bertz CT molecular complexity index is 941. The lowest BCUT2D eigenvalue weighted by atomic mass is 9.98. The van der Waals surface area contributed by atoms with Gasteiger partial charge in [-0.3, -0.25) is 4.79 Å². The summed E-state index contributed by atoms with van der Waals surface area (Å²) in [6, 6.07) is 4.86. The van der Waals surface area contributed by atoms with E-state index >= 15 is 0 Å². The first-order valence-electron chi connectivity index (χ1n) is 9.45. The van der Waals surface area contributed by atoms with E-state index in [0.717, 1.165) is 5.52 Å². The van der Waals surface area contributed by atoms with Crippen LogP contribution in [0.25, 0.3) is 11.0 Å². The lowest BCUT2D eigenvalue weighted by Crippen LogP contribution is -2.46. The summed E-state index contributed by atoms with van der Waals surface area (Å²) in [7, 11) is -2.10. The average molecular weight is 410 g/mol. The van der Waals surface area contributed by atoms with Crippen molar-refractivity contribution in [3.8, 4) is 0 Å². The van der Waals surface area contributed by atoms with Gasteiger partial charge in [0.15, 0.2) is 0 Å². The van der Waals surface area contributed by atoms with Crippen LogP contribution in [0.3, 0.4) is 0 Å². The second-order valence-corrected chi connectivity index (χ2v) is 9.26. The number of carbonyl (C=O) groups excluding carboxylic acids is 1. The molecule has 9 nitrogen and oxygen atoms in total. The largest absolute Gasteiger partial charge is 0.383 e. The zero-order valence-corrected chi connectivity index (χ0v) is 17.3. The first-order valence-corrected chi connectivity index (χ1v) is 10.9. The number of hydrogen-bond donors (Lipinski definition) is 1. The number of carbonyl (C=O) groups is 1. The summed E-state index contributed by atoms with van der Waals surface area (Å²) in [5.74, 6) is -0.420. The van der Waals surface area contributed by atoms with Crippen molar-refractivity contribution in [1.82, 2.24) is 24.6 Å². The number of nitrogens with one attached hydrogen (secondary N) is 1. The summed E-state index contributed by atoms with van der Waals surface area (Å²) in [6.45, 7) is 5.42. The molecule has 1 N–H and O–H groups in total. The molecule has 1 fully saturated rings. The Balaban J connectivity index is 1.80. The third-order valence-corrected chi connectivity index (χ3v) is 6.68. The molecule has 1 saturated heterocycles. The topological polar surface area (TPSA) is 106 Å².